The van der Waals surface area contributed by atoms with E-state index in [1.54, 1.807) is 36.4 Å². The molecule has 0 saturated carbocycles. The normalized spacial score (nSPS) is 10.9. The Labute approximate surface area is 158 Å². The third kappa shape index (κ3) is 3.16. The summed E-state index contributed by atoms with van der Waals surface area (Å²) in [5.74, 6) is -0.448. The fourth-order valence-corrected chi connectivity index (χ4v) is 2.89. The van der Waals surface area contributed by atoms with Crippen LogP contribution in [0.1, 0.15) is 16.2 Å². The Morgan fingerprint density at radius 1 is 1.14 bits per heavy atom. The molecule has 28 heavy (non-hydrogen) atoms. The predicted molar refractivity (Wildman–Crippen MR) is 100 cm³/mol. The third-order valence-corrected chi connectivity index (χ3v) is 4.26. The van der Waals surface area contributed by atoms with Crippen molar-refractivity contribution in [1.29, 1.82) is 0 Å². The van der Waals surface area contributed by atoms with Crippen molar-refractivity contribution in [3.8, 4) is 11.5 Å². The molecule has 0 spiro atoms. The zero-order valence-corrected chi connectivity index (χ0v) is 14.8. The number of hydrogen-bond acceptors (Lipinski definition) is 5. The van der Waals surface area contributed by atoms with Crippen molar-refractivity contribution < 1.29 is 13.6 Å². The highest BCUT2D eigenvalue weighted by Gasteiger charge is 2.16. The minimum atomic E-state index is -0.392. The Hall–Kier alpha value is -3.81. The second-order valence-corrected chi connectivity index (χ2v) is 6.09. The van der Waals surface area contributed by atoms with E-state index in [1.807, 2.05) is 0 Å². The average Bonchev–Trinajstić information content (AvgIpc) is 3.18. The molecular formula is C20H15FN4O3. The average molecular weight is 378 g/mol. The summed E-state index contributed by atoms with van der Waals surface area (Å²) in [5, 5.41) is 7.62. The minimum absolute atomic E-state index is 0.0261. The third-order valence-electron chi connectivity index (χ3n) is 4.26. The van der Waals surface area contributed by atoms with Crippen LogP contribution in [0.3, 0.4) is 0 Å². The Morgan fingerprint density at radius 3 is 2.57 bits per heavy atom. The number of fused-ring (bicyclic) bond motifs is 1. The molecule has 0 unspecified atom stereocenters. The molecule has 2 heterocycles. The number of nitrogens with one attached hydrogen (secondary N) is 1. The molecule has 0 aliphatic rings. The van der Waals surface area contributed by atoms with E-state index >= 15 is 0 Å². The van der Waals surface area contributed by atoms with Crippen LogP contribution in [0.2, 0.25) is 0 Å². The molecule has 1 amide bonds. The predicted octanol–water partition coefficient (Wildman–Crippen LogP) is 2.60. The van der Waals surface area contributed by atoms with Crippen LogP contribution in [0.25, 0.3) is 22.2 Å². The maximum absolute atomic E-state index is 13.1. The van der Waals surface area contributed by atoms with Crippen LogP contribution < -0.4 is 10.9 Å². The van der Waals surface area contributed by atoms with Crippen molar-refractivity contribution >= 4 is 16.7 Å². The number of benzene rings is 2. The maximum atomic E-state index is 13.1. The first kappa shape index (κ1) is 17.6. The quantitative estimate of drug-likeness (QED) is 0.590. The second-order valence-electron chi connectivity index (χ2n) is 6.09. The van der Waals surface area contributed by atoms with Crippen LogP contribution in [0.4, 0.5) is 4.39 Å². The molecule has 0 bridgehead atoms. The van der Waals surface area contributed by atoms with Gasteiger partial charge in [0.15, 0.2) is 5.69 Å². The van der Waals surface area contributed by atoms with E-state index in [0.717, 1.165) is 0 Å². The van der Waals surface area contributed by atoms with Crippen molar-refractivity contribution in [2.24, 2.45) is 0 Å². The molecule has 7 nitrogen and oxygen atoms in total. The molecule has 140 valence electrons. The van der Waals surface area contributed by atoms with Gasteiger partial charge in [0, 0.05) is 18.0 Å². The molecule has 4 aromatic rings. The van der Waals surface area contributed by atoms with Crippen molar-refractivity contribution in [2.75, 3.05) is 7.05 Å². The summed E-state index contributed by atoms with van der Waals surface area (Å²) in [7, 11) is 1.50. The van der Waals surface area contributed by atoms with E-state index in [-0.39, 0.29) is 23.6 Å². The van der Waals surface area contributed by atoms with E-state index in [0.29, 0.717) is 27.9 Å². The SMILES string of the molecule is CNC(=O)c1nn(Cc2coc(-c3ccc(F)cc3)n2)c(=O)c2ccccc12. The van der Waals surface area contributed by atoms with Gasteiger partial charge in [0.05, 0.1) is 11.9 Å². The van der Waals surface area contributed by atoms with E-state index in [4.69, 9.17) is 4.42 Å². The highest BCUT2D eigenvalue weighted by Crippen LogP contribution is 2.19. The lowest BCUT2D eigenvalue weighted by molar-refractivity contribution is 0.0957. The first-order valence-electron chi connectivity index (χ1n) is 8.49. The van der Waals surface area contributed by atoms with Gasteiger partial charge < -0.3 is 9.73 Å². The number of halogens is 1. The van der Waals surface area contributed by atoms with Gasteiger partial charge in [-0.05, 0) is 30.3 Å². The summed E-state index contributed by atoms with van der Waals surface area (Å²) in [5.41, 5.74) is 0.874. The first-order chi connectivity index (χ1) is 13.6. The standard InChI is InChI=1S/C20H15FN4O3/c1-22-18(26)17-15-4-2-3-5-16(15)20(27)25(24-17)10-14-11-28-19(23-14)12-6-8-13(21)9-7-12/h2-9,11H,10H2,1H3,(H,22,26). The molecule has 0 saturated heterocycles. The molecule has 0 aliphatic carbocycles. The number of rotatable bonds is 4. The lowest BCUT2D eigenvalue weighted by Gasteiger charge is -2.09. The highest BCUT2D eigenvalue weighted by molar-refractivity contribution is 6.04. The maximum Gasteiger partial charge on any atom is 0.275 e. The zero-order valence-electron chi connectivity index (χ0n) is 14.8. The number of hydrogen-bond donors (Lipinski definition) is 1. The van der Waals surface area contributed by atoms with Crippen molar-refractivity contribution in [3.05, 3.63) is 82.4 Å². The molecular weight excluding hydrogens is 363 g/mol. The van der Waals surface area contributed by atoms with Crippen LogP contribution in [0, 0.1) is 5.82 Å². The van der Waals surface area contributed by atoms with Gasteiger partial charge >= 0.3 is 0 Å². The lowest BCUT2D eigenvalue weighted by Crippen LogP contribution is -2.29. The summed E-state index contributed by atoms with van der Waals surface area (Å²) in [6.07, 6.45) is 1.40. The molecule has 2 aromatic heterocycles. The molecule has 0 radical (unpaired) electrons. The monoisotopic (exact) mass is 378 g/mol. The molecule has 8 heteroatoms. The Bertz CT molecular complexity index is 1230. The second kappa shape index (κ2) is 7.07. The van der Waals surface area contributed by atoms with Gasteiger partial charge in [-0.3, -0.25) is 9.59 Å². The largest absolute Gasteiger partial charge is 0.444 e. The lowest BCUT2D eigenvalue weighted by atomic mass is 10.1. The smallest absolute Gasteiger partial charge is 0.275 e. The van der Waals surface area contributed by atoms with Crippen molar-refractivity contribution in [3.63, 3.8) is 0 Å². The molecule has 2 aromatic carbocycles. The number of carbonyl (C=O) groups is 1. The van der Waals surface area contributed by atoms with Gasteiger partial charge in [0.2, 0.25) is 5.89 Å². The summed E-state index contributed by atoms with van der Waals surface area (Å²) < 4.78 is 19.7. The van der Waals surface area contributed by atoms with Crippen LogP contribution in [0.15, 0.2) is 64.0 Å². The van der Waals surface area contributed by atoms with Crippen molar-refractivity contribution in [1.82, 2.24) is 20.1 Å². The molecule has 0 atom stereocenters. The van der Waals surface area contributed by atoms with E-state index in [2.05, 4.69) is 15.4 Å². The van der Waals surface area contributed by atoms with Crippen LogP contribution >= 0.6 is 0 Å². The summed E-state index contributed by atoms with van der Waals surface area (Å²) in [6.45, 7) is 0.0261. The first-order valence-corrected chi connectivity index (χ1v) is 8.49. The number of carbonyl (C=O) groups excluding carboxylic acids is 1. The number of amides is 1. The fourth-order valence-electron chi connectivity index (χ4n) is 2.89. The highest BCUT2D eigenvalue weighted by atomic mass is 19.1. The van der Waals surface area contributed by atoms with Crippen LogP contribution in [-0.4, -0.2) is 27.7 Å². The number of aromatic nitrogens is 3. The topological polar surface area (TPSA) is 90.0 Å². The minimum Gasteiger partial charge on any atom is -0.444 e. The van der Waals surface area contributed by atoms with Gasteiger partial charge in [0.1, 0.15) is 17.8 Å². The number of oxazole rings is 1. The van der Waals surface area contributed by atoms with E-state index in [9.17, 15) is 14.0 Å². The van der Waals surface area contributed by atoms with E-state index < -0.39 is 5.91 Å². The zero-order chi connectivity index (χ0) is 19.7. The summed E-state index contributed by atoms with van der Waals surface area (Å²) in [6, 6.07) is 12.5. The van der Waals surface area contributed by atoms with E-state index in [1.165, 1.54) is 30.1 Å². The van der Waals surface area contributed by atoms with Gasteiger partial charge in [-0.25, -0.2) is 14.1 Å². The van der Waals surface area contributed by atoms with Crippen LogP contribution in [-0.2, 0) is 6.54 Å². The Balaban J connectivity index is 1.74. The molecule has 0 aliphatic heterocycles. The summed E-state index contributed by atoms with van der Waals surface area (Å²) >= 11 is 0. The van der Waals surface area contributed by atoms with Crippen molar-refractivity contribution in [2.45, 2.75) is 6.54 Å². The van der Waals surface area contributed by atoms with Gasteiger partial charge in [0.25, 0.3) is 11.5 Å². The van der Waals surface area contributed by atoms with Gasteiger partial charge in [-0.15, -0.1) is 0 Å². The molecule has 4 rings (SSSR count). The van der Waals surface area contributed by atoms with Gasteiger partial charge in [-0.2, -0.15) is 5.10 Å². The van der Waals surface area contributed by atoms with Crippen LogP contribution in [0.5, 0.6) is 0 Å². The fraction of sp³-hybridized carbons (Fsp3) is 0.100. The Morgan fingerprint density at radius 2 is 1.86 bits per heavy atom. The van der Waals surface area contributed by atoms with Gasteiger partial charge in [-0.1, -0.05) is 18.2 Å². The number of nitrogens with zero attached hydrogens (tertiary/aromatic N) is 3. The Kier molecular flexibility index (Phi) is 4.44. The molecule has 0 fully saturated rings. The molecule has 1 N–H and O–H groups in total. The summed E-state index contributed by atoms with van der Waals surface area (Å²) in [4.78, 5) is 29.3.